The van der Waals surface area contributed by atoms with Gasteiger partial charge < -0.3 is 9.84 Å². The molecule has 0 fully saturated rings. The molecule has 1 atom stereocenters. The highest BCUT2D eigenvalue weighted by Gasteiger charge is 2.39. The van der Waals surface area contributed by atoms with E-state index < -0.39 is 16.7 Å². The van der Waals surface area contributed by atoms with Crippen LogP contribution in [0.25, 0.3) is 0 Å². The van der Waals surface area contributed by atoms with Crippen molar-refractivity contribution in [3.05, 3.63) is 0 Å². The van der Waals surface area contributed by atoms with Gasteiger partial charge in [-0.3, -0.25) is 9.59 Å². The van der Waals surface area contributed by atoms with Crippen LogP contribution in [0.15, 0.2) is 0 Å². The molecule has 0 spiro atoms. The molecule has 1 unspecified atom stereocenters. The van der Waals surface area contributed by atoms with Gasteiger partial charge in [0.25, 0.3) is 0 Å². The molecular formula is C24H46O4S. The van der Waals surface area contributed by atoms with Crippen LogP contribution in [0.3, 0.4) is 0 Å². The van der Waals surface area contributed by atoms with Gasteiger partial charge in [-0.2, -0.15) is 0 Å². The molecule has 0 bridgehead atoms. The van der Waals surface area contributed by atoms with Crippen molar-refractivity contribution in [1.82, 2.24) is 0 Å². The Morgan fingerprint density at radius 1 is 0.724 bits per heavy atom. The van der Waals surface area contributed by atoms with Crippen LogP contribution in [0.4, 0.5) is 0 Å². The monoisotopic (exact) mass is 430 g/mol. The highest BCUT2D eigenvalue weighted by Crippen LogP contribution is 2.28. The Morgan fingerprint density at radius 2 is 1.14 bits per heavy atom. The first-order chi connectivity index (χ1) is 14.0. The molecule has 5 heteroatoms. The molecule has 0 saturated heterocycles. The lowest BCUT2D eigenvalue weighted by Gasteiger charge is -2.29. The van der Waals surface area contributed by atoms with E-state index in [-0.39, 0.29) is 6.42 Å². The molecule has 0 saturated carbocycles. The first-order valence-electron chi connectivity index (χ1n) is 12.1. The predicted octanol–water partition coefficient (Wildman–Crippen LogP) is 7.34. The molecule has 0 aliphatic carbocycles. The molecule has 0 radical (unpaired) electrons. The van der Waals surface area contributed by atoms with E-state index in [1.165, 1.54) is 70.6 Å². The van der Waals surface area contributed by atoms with Crippen LogP contribution in [0.1, 0.15) is 129 Å². The van der Waals surface area contributed by atoms with Crippen molar-refractivity contribution in [2.24, 2.45) is 0 Å². The first kappa shape index (κ1) is 28.5. The van der Waals surface area contributed by atoms with Crippen molar-refractivity contribution in [3.63, 3.8) is 0 Å². The van der Waals surface area contributed by atoms with Gasteiger partial charge in [0.1, 0.15) is 5.60 Å². The van der Waals surface area contributed by atoms with E-state index in [0.29, 0.717) is 13.0 Å². The van der Waals surface area contributed by atoms with E-state index in [4.69, 9.17) is 4.74 Å². The fourth-order valence-electron chi connectivity index (χ4n) is 3.75. The number of carboxylic acids is 1. The second-order valence-corrected chi connectivity index (χ2v) is 8.82. The summed E-state index contributed by atoms with van der Waals surface area (Å²) >= 11 is 4.00. The molecule has 172 valence electrons. The van der Waals surface area contributed by atoms with E-state index >= 15 is 0 Å². The molecule has 0 aliphatic rings. The largest absolute Gasteiger partial charge is 0.481 e. The summed E-state index contributed by atoms with van der Waals surface area (Å²) in [4.78, 5) is 23.5. The zero-order chi connectivity index (χ0) is 21.8. The topological polar surface area (TPSA) is 63.6 Å². The molecule has 1 N–H and O–H groups in total. The summed E-state index contributed by atoms with van der Waals surface area (Å²) in [6.07, 6.45) is 18.9. The molecule has 29 heavy (non-hydrogen) atoms. The fourth-order valence-corrected chi connectivity index (χ4v) is 4.00. The summed E-state index contributed by atoms with van der Waals surface area (Å²) in [7, 11) is 0. The predicted molar refractivity (Wildman–Crippen MR) is 125 cm³/mol. The number of hydrogen-bond acceptors (Lipinski definition) is 3. The van der Waals surface area contributed by atoms with Crippen molar-refractivity contribution in [2.45, 2.75) is 135 Å². The zero-order valence-electron chi connectivity index (χ0n) is 19.1. The lowest BCUT2D eigenvalue weighted by atomic mass is 9.92. The normalized spacial score (nSPS) is 13.3. The average molecular weight is 431 g/mol. The van der Waals surface area contributed by atoms with E-state index in [0.717, 1.165) is 32.1 Å². The second-order valence-electron chi connectivity index (χ2n) is 8.42. The van der Waals surface area contributed by atoms with Gasteiger partial charge in [-0.05, 0) is 12.8 Å². The van der Waals surface area contributed by atoms with Gasteiger partial charge in [-0.1, -0.05) is 110 Å². The molecule has 0 aromatic rings. The highest BCUT2D eigenvalue weighted by atomic mass is 32.1. The van der Waals surface area contributed by atoms with Crippen LogP contribution in [-0.4, -0.2) is 28.4 Å². The second kappa shape index (κ2) is 19.4. The van der Waals surface area contributed by atoms with Crippen molar-refractivity contribution >= 4 is 23.7 Å². The van der Waals surface area contributed by atoms with Crippen LogP contribution >= 0.6 is 12.6 Å². The quantitative estimate of drug-likeness (QED) is 0.139. The Bertz CT molecular complexity index is 414. The number of ether oxygens (including phenoxy) is 1. The lowest BCUT2D eigenvalue weighted by Crippen LogP contribution is -2.41. The summed E-state index contributed by atoms with van der Waals surface area (Å²) in [5, 5.41) is 8.86. The number of rotatable bonds is 22. The smallest absolute Gasteiger partial charge is 0.306 e. The number of unbranched alkanes of at least 4 members (excludes halogenated alkanes) is 14. The van der Waals surface area contributed by atoms with Crippen molar-refractivity contribution < 1.29 is 19.4 Å². The lowest BCUT2D eigenvalue weighted by molar-refractivity contribution is -0.153. The van der Waals surface area contributed by atoms with Crippen molar-refractivity contribution in [3.8, 4) is 0 Å². The Hall–Kier alpha value is -0.550. The summed E-state index contributed by atoms with van der Waals surface area (Å²) < 4.78 is 5.90. The van der Waals surface area contributed by atoms with Gasteiger partial charge in [-0.25, -0.2) is 0 Å². The Labute approximate surface area is 185 Å². The highest BCUT2D eigenvalue weighted by molar-refractivity contribution is 7.96. The molecule has 0 rings (SSSR count). The molecule has 4 nitrogen and oxygen atoms in total. The molecular weight excluding hydrogens is 384 g/mol. The van der Waals surface area contributed by atoms with Crippen molar-refractivity contribution in [1.29, 1.82) is 0 Å². The van der Waals surface area contributed by atoms with E-state index in [9.17, 15) is 14.7 Å². The van der Waals surface area contributed by atoms with Crippen LogP contribution < -0.4 is 0 Å². The third kappa shape index (κ3) is 15.9. The maximum Gasteiger partial charge on any atom is 0.306 e. The third-order valence-corrected chi connectivity index (χ3v) is 6.04. The van der Waals surface area contributed by atoms with Gasteiger partial charge in [-0.15, -0.1) is 12.6 Å². The van der Waals surface area contributed by atoms with Gasteiger partial charge in [0.05, 0.1) is 6.42 Å². The minimum absolute atomic E-state index is 0.289. The van der Waals surface area contributed by atoms with Crippen LogP contribution in [-0.2, 0) is 14.3 Å². The number of hydrogen-bond donors (Lipinski definition) is 2. The van der Waals surface area contributed by atoms with E-state index in [2.05, 4.69) is 26.5 Å². The minimum Gasteiger partial charge on any atom is -0.481 e. The number of aliphatic carboxylic acids is 1. The maximum absolute atomic E-state index is 12.2. The SMILES string of the molecule is CCCCCCCCCCOC(CCCCCCCCCC)(CC(=O)O)C(=O)S. The van der Waals surface area contributed by atoms with E-state index in [1.54, 1.807) is 0 Å². The van der Waals surface area contributed by atoms with Crippen molar-refractivity contribution in [2.75, 3.05) is 6.61 Å². The average Bonchev–Trinajstić information content (AvgIpc) is 2.67. The first-order valence-corrected chi connectivity index (χ1v) is 12.5. The van der Waals surface area contributed by atoms with Gasteiger partial charge in [0.2, 0.25) is 5.12 Å². The number of carbonyl (C=O) groups excluding carboxylic acids is 1. The number of thiol groups is 1. The van der Waals surface area contributed by atoms with Gasteiger partial charge in [0.15, 0.2) is 0 Å². The molecule has 0 aromatic heterocycles. The third-order valence-electron chi connectivity index (χ3n) is 5.64. The Balaban J connectivity index is 4.22. The van der Waals surface area contributed by atoms with Gasteiger partial charge >= 0.3 is 5.97 Å². The number of carboxylic acid groups (broad SMARTS) is 1. The fraction of sp³-hybridized carbons (Fsp3) is 0.917. The number of carbonyl (C=O) groups is 2. The maximum atomic E-state index is 12.2. The molecule has 0 amide bonds. The van der Waals surface area contributed by atoms with Crippen LogP contribution in [0.2, 0.25) is 0 Å². The summed E-state index contributed by atoms with van der Waals surface area (Å²) in [6, 6.07) is 0. The van der Waals surface area contributed by atoms with Crippen LogP contribution in [0, 0.1) is 0 Å². The minimum atomic E-state index is -1.27. The molecule has 0 aliphatic heterocycles. The standard InChI is InChI=1S/C24H46O4S/c1-3-5-7-9-11-13-15-17-19-24(23(27)29,21-22(25)26)28-20-18-16-14-12-10-8-6-4-2/h3-21H2,1-2H3,(H,25,26)(H,27,29). The summed E-state index contributed by atoms with van der Waals surface area (Å²) in [5.41, 5.74) is -1.27. The van der Waals surface area contributed by atoms with Gasteiger partial charge in [0, 0.05) is 6.61 Å². The molecule has 0 aromatic carbocycles. The summed E-state index contributed by atoms with van der Waals surface area (Å²) in [6.45, 7) is 4.87. The van der Waals surface area contributed by atoms with E-state index in [1.807, 2.05) is 0 Å². The van der Waals surface area contributed by atoms with Crippen LogP contribution in [0.5, 0.6) is 0 Å². The summed E-state index contributed by atoms with van der Waals surface area (Å²) in [5.74, 6) is -0.997. The Kier molecular flexibility index (Phi) is 19.0. The zero-order valence-corrected chi connectivity index (χ0v) is 19.9. The molecule has 0 heterocycles. The Morgan fingerprint density at radius 3 is 1.55 bits per heavy atom.